The molecule has 12 heteroatoms. The van der Waals surface area contributed by atoms with Crippen molar-refractivity contribution in [1.82, 2.24) is 0 Å². The van der Waals surface area contributed by atoms with Gasteiger partial charge in [0.2, 0.25) is 0 Å². The molecule has 0 aliphatic heterocycles. The fourth-order valence-electron chi connectivity index (χ4n) is 1.37. The fraction of sp³-hybridized carbons (Fsp3) is 0.0714. The van der Waals surface area contributed by atoms with Crippen LogP contribution in [0.25, 0.3) is 0 Å². The second-order valence-corrected chi connectivity index (χ2v) is 11.6. The van der Waals surface area contributed by atoms with E-state index in [0.717, 1.165) is 0 Å². The first-order valence-corrected chi connectivity index (χ1v) is 13.1. The normalized spacial score (nSPS) is 12.3. The van der Waals surface area contributed by atoms with E-state index in [1.165, 1.54) is 31.2 Å². The van der Waals surface area contributed by atoms with Crippen molar-refractivity contribution in [3.05, 3.63) is 60.7 Å². The van der Waals surface area contributed by atoms with Crippen molar-refractivity contribution in [2.24, 2.45) is 0 Å². The molecular weight excluding hydrogens is 472 g/mol. The van der Waals surface area contributed by atoms with Crippen LogP contribution in [0.1, 0.15) is 6.92 Å². The van der Waals surface area contributed by atoms with Gasteiger partial charge in [0.1, 0.15) is 0 Å². The molecule has 2 aromatic rings. The maximum atomic E-state index is 11.2. The molecule has 8 nitrogen and oxygen atoms in total. The molecular formula is C14H16AsCl2NO7S. The molecule has 144 valence electrons. The van der Waals surface area contributed by atoms with Crippen LogP contribution in [0.4, 0.5) is 5.69 Å². The first-order chi connectivity index (χ1) is 12.0. The van der Waals surface area contributed by atoms with Gasteiger partial charge < -0.3 is 0 Å². The Balaban J connectivity index is 0.000000464. The van der Waals surface area contributed by atoms with E-state index in [9.17, 15) is 8.53 Å². The zero-order valence-electron chi connectivity index (χ0n) is 13.3. The molecule has 1 unspecified atom stereocenters. The summed E-state index contributed by atoms with van der Waals surface area (Å²) in [5, 5.41) is 10.7. The Morgan fingerprint density at radius 1 is 1.04 bits per heavy atom. The van der Waals surface area contributed by atoms with Crippen LogP contribution in [0.15, 0.2) is 60.7 Å². The van der Waals surface area contributed by atoms with Crippen molar-refractivity contribution < 1.29 is 30.2 Å². The number of nitrogens with one attached hydrogen (secondary N) is 1. The van der Waals surface area contributed by atoms with E-state index in [0.29, 0.717) is 5.69 Å². The fourth-order valence-corrected chi connectivity index (χ4v) is 2.67. The summed E-state index contributed by atoms with van der Waals surface area (Å²) in [5.41, 5.74) is 0.500. The number of rotatable bonds is 3. The first-order valence-electron chi connectivity index (χ1n) is 6.64. The van der Waals surface area contributed by atoms with Crippen LogP contribution in [-0.2, 0) is 20.7 Å². The predicted molar refractivity (Wildman–Crippen MR) is 99.8 cm³/mol. The Kier molecular flexibility index (Phi) is 11.5. The zero-order chi connectivity index (χ0) is 20.2. The van der Waals surface area contributed by atoms with Crippen LogP contribution in [0, 0.1) is 0 Å². The second kappa shape index (κ2) is 12.1. The number of benzene rings is 2. The van der Waals surface area contributed by atoms with E-state index in [1.54, 1.807) is 0 Å². The molecule has 26 heavy (non-hydrogen) atoms. The van der Waals surface area contributed by atoms with Gasteiger partial charge >= 0.3 is 96.7 Å². The van der Waals surface area contributed by atoms with Gasteiger partial charge in [-0.05, 0) is 0 Å². The number of carbonyl (C=O) groups excluding carboxylic acids is 1. The monoisotopic (exact) mass is 487 g/mol. The van der Waals surface area contributed by atoms with Gasteiger partial charge in [-0.2, -0.15) is 8.42 Å². The van der Waals surface area contributed by atoms with Crippen molar-refractivity contribution in [1.29, 1.82) is 0 Å². The number of carbonyl (C=O) groups is 1. The van der Waals surface area contributed by atoms with Gasteiger partial charge in [0, 0.05) is 21.4 Å². The molecule has 0 bridgehead atoms. The van der Waals surface area contributed by atoms with Crippen molar-refractivity contribution in [3.63, 3.8) is 0 Å². The third-order valence-electron chi connectivity index (χ3n) is 2.29. The summed E-state index contributed by atoms with van der Waals surface area (Å²) in [4.78, 5) is 10.7. The average Bonchev–Trinajstić information content (AvgIpc) is 2.55. The van der Waals surface area contributed by atoms with Crippen LogP contribution in [0.2, 0.25) is 0 Å². The molecule has 0 heterocycles. The first kappa shape index (κ1) is 24.7. The topological polar surface area (TPSA) is 130 Å². The molecule has 0 aliphatic rings. The summed E-state index contributed by atoms with van der Waals surface area (Å²) in [6, 6.07) is 17.5. The largest absolute Gasteiger partial charge is 0.317 e. The molecule has 0 saturated carbocycles. The maximum Gasteiger partial charge on any atom is 0.317 e. The van der Waals surface area contributed by atoms with Crippen molar-refractivity contribution in [2.75, 3.05) is 5.32 Å². The molecule has 0 spiro atoms. The molecule has 1 atom stereocenters. The van der Waals surface area contributed by atoms with Gasteiger partial charge in [0.25, 0.3) is 0 Å². The molecule has 0 saturated heterocycles. The SMILES string of the molecule is CC(=O)Nc1ccc([As](=O)(O)OO)cc1.O=S(=O)(Cl)Cl.c1ccccc1. The molecule has 1 amide bonds. The van der Waals surface area contributed by atoms with Gasteiger partial charge in [-0.15, -0.1) is 0 Å². The van der Waals surface area contributed by atoms with Crippen LogP contribution < -0.4 is 9.67 Å². The summed E-state index contributed by atoms with van der Waals surface area (Å²) in [7, 11) is 4.81. The third kappa shape index (κ3) is 13.9. The number of halogens is 2. The molecule has 0 radical (unpaired) electrons. The van der Waals surface area contributed by atoms with E-state index in [1.807, 2.05) is 36.4 Å². The van der Waals surface area contributed by atoms with E-state index in [4.69, 9.17) is 17.8 Å². The maximum absolute atomic E-state index is 11.2. The number of hydrogen-bond donors (Lipinski definition) is 3. The quantitative estimate of drug-likeness (QED) is 0.261. The number of amides is 1. The van der Waals surface area contributed by atoms with E-state index in [2.05, 4.69) is 30.6 Å². The average molecular weight is 488 g/mol. The van der Waals surface area contributed by atoms with Crippen molar-refractivity contribution in [2.45, 2.75) is 6.92 Å². The van der Waals surface area contributed by atoms with E-state index >= 15 is 0 Å². The number of anilines is 1. The summed E-state index contributed by atoms with van der Waals surface area (Å²) < 4.78 is 42.2. The van der Waals surface area contributed by atoms with Crippen LogP contribution in [0.5, 0.6) is 0 Å². The van der Waals surface area contributed by atoms with Gasteiger partial charge in [-0.3, -0.25) is 0 Å². The molecule has 0 aliphatic carbocycles. The summed E-state index contributed by atoms with van der Waals surface area (Å²) in [5.74, 6) is -0.237. The van der Waals surface area contributed by atoms with E-state index in [-0.39, 0.29) is 10.3 Å². The summed E-state index contributed by atoms with van der Waals surface area (Å²) >= 11 is -4.76. The van der Waals surface area contributed by atoms with Crippen molar-refractivity contribution in [3.8, 4) is 0 Å². The Labute approximate surface area is 162 Å². The van der Waals surface area contributed by atoms with Crippen LogP contribution >= 0.6 is 21.4 Å². The van der Waals surface area contributed by atoms with Gasteiger partial charge in [-0.1, -0.05) is 36.4 Å². The van der Waals surface area contributed by atoms with Gasteiger partial charge in [0.05, 0.1) is 0 Å². The van der Waals surface area contributed by atoms with Gasteiger partial charge in [0.15, 0.2) is 0 Å². The van der Waals surface area contributed by atoms with Crippen molar-refractivity contribution >= 4 is 59.7 Å². The predicted octanol–water partition coefficient (Wildman–Crippen LogP) is 2.10. The van der Waals surface area contributed by atoms with Crippen LogP contribution in [-0.4, -0.2) is 37.9 Å². The van der Waals surface area contributed by atoms with E-state index < -0.39 is 22.4 Å². The summed E-state index contributed by atoms with van der Waals surface area (Å²) in [6.45, 7) is 1.35. The molecule has 3 N–H and O–H groups in total. The second-order valence-electron chi connectivity index (χ2n) is 4.36. The Bertz CT molecular complexity index is 782. The molecule has 2 aromatic carbocycles. The minimum atomic E-state index is -4.76. The Morgan fingerprint density at radius 2 is 1.38 bits per heavy atom. The minimum absolute atomic E-state index is 0.00438. The third-order valence-corrected chi connectivity index (χ3v) is 4.75. The standard InChI is InChI=1S/C8H10AsNO5.C6H6.Cl2O2S/c1-6(11)10-8-4-2-7(3-5-8)9(12,13)15-14;1-2-4-6-5-3-1;1-5(2,3)4/h2-5,14H,1H3,(H,10,11)(H,12,13);1-6H;. The van der Waals surface area contributed by atoms with Crippen LogP contribution in [0.3, 0.4) is 0 Å². The summed E-state index contributed by atoms with van der Waals surface area (Å²) in [6.07, 6.45) is 0. The Hall–Kier alpha value is -1.32. The minimum Gasteiger partial charge on any atom is -0.195 e. The molecule has 2 rings (SSSR count). The molecule has 0 aromatic heterocycles. The zero-order valence-corrected chi connectivity index (χ0v) is 17.5. The van der Waals surface area contributed by atoms with Gasteiger partial charge in [-0.25, -0.2) is 0 Å². The Morgan fingerprint density at radius 3 is 1.65 bits per heavy atom. The smallest absolute Gasteiger partial charge is 0.195 e. The molecule has 0 fully saturated rings. The number of hydrogen-bond acceptors (Lipinski definition) is 6.